The number of esters is 1. The second-order valence-corrected chi connectivity index (χ2v) is 9.19. The van der Waals surface area contributed by atoms with Crippen molar-refractivity contribution in [3.05, 3.63) is 102 Å². The average molecular weight is 442 g/mol. The fourth-order valence-electron chi connectivity index (χ4n) is 4.65. The lowest BCUT2D eigenvalue weighted by atomic mass is 9.79. The summed E-state index contributed by atoms with van der Waals surface area (Å²) in [5.41, 5.74) is 1.93. The lowest BCUT2D eigenvalue weighted by molar-refractivity contribution is -0.175. The van der Waals surface area contributed by atoms with Gasteiger partial charge in [0.25, 0.3) is 0 Å². The van der Waals surface area contributed by atoms with Gasteiger partial charge < -0.3 is 9.64 Å². The van der Waals surface area contributed by atoms with E-state index in [2.05, 4.69) is 26.0 Å². The number of carbonyl (C=O) groups excluding carboxylic acids is 2. The van der Waals surface area contributed by atoms with E-state index in [4.69, 9.17) is 4.74 Å². The Morgan fingerprint density at radius 2 is 1.45 bits per heavy atom. The first-order valence-corrected chi connectivity index (χ1v) is 11.7. The van der Waals surface area contributed by atoms with Crippen LogP contribution < -0.4 is 4.90 Å². The molecule has 3 aromatic carbocycles. The van der Waals surface area contributed by atoms with Crippen molar-refractivity contribution in [3.63, 3.8) is 0 Å². The maximum Gasteiger partial charge on any atom is 0.337 e. The molecule has 0 radical (unpaired) electrons. The lowest BCUT2D eigenvalue weighted by Gasteiger charge is -2.43. The molecular formula is C29H31NO3. The van der Waals surface area contributed by atoms with E-state index in [0.29, 0.717) is 13.0 Å². The molecule has 33 heavy (non-hydrogen) atoms. The standard InChI is InChI=1S/C29H31NO3/c1-22(2)21-30(25-16-10-5-11-17-25)27-26(31)20-29(33-28(27)32,24-14-8-4-9-15-24)19-18-23-12-6-3-7-13-23/h3-17,22,27H,18-21H2,1-2H3. The maximum absolute atomic E-state index is 13.7. The number of Topliss-reactive ketones (excluding diaryl/α,β-unsaturated/α-hetero) is 1. The van der Waals surface area contributed by atoms with Gasteiger partial charge >= 0.3 is 5.97 Å². The fraction of sp³-hybridized carbons (Fsp3) is 0.310. The van der Waals surface area contributed by atoms with Gasteiger partial charge in [0.15, 0.2) is 11.8 Å². The molecule has 1 heterocycles. The molecule has 3 aromatic rings. The highest BCUT2D eigenvalue weighted by atomic mass is 16.6. The summed E-state index contributed by atoms with van der Waals surface area (Å²) in [6.07, 6.45) is 1.44. The van der Waals surface area contributed by atoms with Gasteiger partial charge in [-0.05, 0) is 42.0 Å². The highest BCUT2D eigenvalue weighted by molar-refractivity contribution is 6.08. The largest absolute Gasteiger partial charge is 0.452 e. The van der Waals surface area contributed by atoms with Crippen LogP contribution >= 0.6 is 0 Å². The van der Waals surface area contributed by atoms with Crippen molar-refractivity contribution in [2.45, 2.75) is 44.8 Å². The first-order valence-electron chi connectivity index (χ1n) is 11.7. The Labute approximate surface area is 196 Å². The molecule has 0 saturated carbocycles. The molecule has 1 aliphatic rings. The number of hydrogen-bond acceptors (Lipinski definition) is 4. The Morgan fingerprint density at radius 3 is 2.03 bits per heavy atom. The SMILES string of the molecule is CC(C)CN(c1ccccc1)C1C(=O)CC(CCc2ccccc2)(c2ccccc2)OC1=O. The van der Waals surface area contributed by atoms with Gasteiger partial charge in [0, 0.05) is 12.2 Å². The van der Waals surface area contributed by atoms with E-state index >= 15 is 0 Å². The summed E-state index contributed by atoms with van der Waals surface area (Å²) < 4.78 is 6.25. The molecule has 1 saturated heterocycles. The molecule has 4 nitrogen and oxygen atoms in total. The quantitative estimate of drug-likeness (QED) is 0.339. The summed E-state index contributed by atoms with van der Waals surface area (Å²) in [4.78, 5) is 29.1. The summed E-state index contributed by atoms with van der Waals surface area (Å²) in [7, 11) is 0. The molecule has 1 aliphatic heterocycles. The minimum atomic E-state index is -0.956. The molecule has 0 amide bonds. The van der Waals surface area contributed by atoms with Crippen LogP contribution in [0.1, 0.15) is 37.8 Å². The van der Waals surface area contributed by atoms with Gasteiger partial charge in [0.1, 0.15) is 5.60 Å². The zero-order valence-electron chi connectivity index (χ0n) is 19.3. The summed E-state index contributed by atoms with van der Waals surface area (Å²) >= 11 is 0. The molecule has 4 heteroatoms. The van der Waals surface area contributed by atoms with E-state index < -0.39 is 17.6 Å². The molecule has 1 fully saturated rings. The van der Waals surface area contributed by atoms with E-state index in [9.17, 15) is 9.59 Å². The molecule has 4 rings (SSSR count). The van der Waals surface area contributed by atoms with Crippen LogP contribution in [-0.2, 0) is 26.3 Å². The number of ketones is 1. The maximum atomic E-state index is 13.7. The van der Waals surface area contributed by atoms with Crippen LogP contribution in [0.4, 0.5) is 5.69 Å². The highest BCUT2D eigenvalue weighted by Crippen LogP contribution is 2.40. The van der Waals surface area contributed by atoms with Crippen LogP contribution in [0.5, 0.6) is 0 Å². The Hall–Kier alpha value is -3.40. The lowest BCUT2D eigenvalue weighted by Crippen LogP contribution is -2.57. The first-order chi connectivity index (χ1) is 16.0. The van der Waals surface area contributed by atoms with Crippen molar-refractivity contribution in [1.29, 1.82) is 0 Å². The van der Waals surface area contributed by atoms with Crippen LogP contribution in [0, 0.1) is 5.92 Å². The molecule has 0 spiro atoms. The highest BCUT2D eigenvalue weighted by Gasteiger charge is 2.50. The zero-order chi connectivity index (χ0) is 23.3. The van der Waals surface area contributed by atoms with Crippen LogP contribution in [0.3, 0.4) is 0 Å². The average Bonchev–Trinajstić information content (AvgIpc) is 2.83. The van der Waals surface area contributed by atoms with Gasteiger partial charge in [-0.3, -0.25) is 4.79 Å². The molecule has 2 unspecified atom stereocenters. The third kappa shape index (κ3) is 5.16. The van der Waals surface area contributed by atoms with E-state index in [0.717, 1.165) is 23.2 Å². The second-order valence-electron chi connectivity index (χ2n) is 9.19. The second kappa shape index (κ2) is 10.0. The number of benzene rings is 3. The number of anilines is 1. The number of carbonyl (C=O) groups is 2. The van der Waals surface area contributed by atoms with E-state index in [-0.39, 0.29) is 18.1 Å². The zero-order valence-corrected chi connectivity index (χ0v) is 19.3. The van der Waals surface area contributed by atoms with Crippen molar-refractivity contribution in [3.8, 4) is 0 Å². The van der Waals surface area contributed by atoms with E-state index in [1.165, 1.54) is 0 Å². The van der Waals surface area contributed by atoms with Gasteiger partial charge in [-0.2, -0.15) is 0 Å². The molecule has 2 atom stereocenters. The number of ether oxygens (including phenoxy) is 1. The van der Waals surface area contributed by atoms with Crippen LogP contribution in [-0.4, -0.2) is 24.3 Å². The topological polar surface area (TPSA) is 46.6 Å². The molecule has 170 valence electrons. The molecule has 0 bridgehead atoms. The number of rotatable bonds is 8. The first kappa shape index (κ1) is 22.8. The van der Waals surface area contributed by atoms with Crippen molar-refractivity contribution >= 4 is 17.4 Å². The van der Waals surface area contributed by atoms with Crippen LogP contribution in [0.2, 0.25) is 0 Å². The minimum Gasteiger partial charge on any atom is -0.452 e. The van der Waals surface area contributed by atoms with Crippen LogP contribution in [0.15, 0.2) is 91.0 Å². The Kier molecular flexibility index (Phi) is 6.93. The van der Waals surface area contributed by atoms with E-state index in [1.54, 1.807) is 0 Å². The molecule has 0 aliphatic carbocycles. The summed E-state index contributed by atoms with van der Waals surface area (Å²) in [6, 6.07) is 28.6. The number of aryl methyl sites for hydroxylation is 1. The van der Waals surface area contributed by atoms with Gasteiger partial charge in [0.05, 0.1) is 6.42 Å². The minimum absolute atomic E-state index is 0.0901. The normalized spacial score (nSPS) is 20.5. The van der Waals surface area contributed by atoms with Crippen LogP contribution in [0.25, 0.3) is 0 Å². The fourth-order valence-corrected chi connectivity index (χ4v) is 4.65. The Balaban J connectivity index is 1.65. The number of hydrogen-bond donors (Lipinski definition) is 0. The van der Waals surface area contributed by atoms with E-state index in [1.807, 2.05) is 83.8 Å². The number of nitrogens with zero attached hydrogens (tertiary/aromatic N) is 1. The Morgan fingerprint density at radius 1 is 0.879 bits per heavy atom. The van der Waals surface area contributed by atoms with Gasteiger partial charge in [-0.25, -0.2) is 4.79 Å². The number of para-hydroxylation sites is 1. The summed E-state index contributed by atoms with van der Waals surface area (Å²) in [5, 5.41) is 0. The van der Waals surface area contributed by atoms with Crippen molar-refractivity contribution in [2.24, 2.45) is 5.92 Å². The van der Waals surface area contributed by atoms with Crippen molar-refractivity contribution in [2.75, 3.05) is 11.4 Å². The number of cyclic esters (lactones) is 1. The Bertz CT molecular complexity index is 1050. The predicted molar refractivity (Wildman–Crippen MR) is 131 cm³/mol. The third-order valence-corrected chi connectivity index (χ3v) is 6.21. The third-order valence-electron chi connectivity index (χ3n) is 6.21. The molecule has 0 N–H and O–H groups in total. The predicted octanol–water partition coefficient (Wildman–Crippen LogP) is 5.56. The molecular weight excluding hydrogens is 410 g/mol. The van der Waals surface area contributed by atoms with Gasteiger partial charge in [-0.1, -0.05) is 92.7 Å². The summed E-state index contributed by atoms with van der Waals surface area (Å²) in [5.74, 6) is -0.273. The van der Waals surface area contributed by atoms with Gasteiger partial charge in [-0.15, -0.1) is 0 Å². The molecule has 0 aromatic heterocycles. The smallest absolute Gasteiger partial charge is 0.337 e. The monoisotopic (exact) mass is 441 g/mol. The van der Waals surface area contributed by atoms with Crippen molar-refractivity contribution in [1.82, 2.24) is 0 Å². The van der Waals surface area contributed by atoms with Gasteiger partial charge in [0.2, 0.25) is 0 Å². The summed E-state index contributed by atoms with van der Waals surface area (Å²) in [6.45, 7) is 4.77. The van der Waals surface area contributed by atoms with Crippen molar-refractivity contribution < 1.29 is 14.3 Å².